The van der Waals surface area contributed by atoms with Crippen molar-refractivity contribution in [3.63, 3.8) is 0 Å². The summed E-state index contributed by atoms with van der Waals surface area (Å²) in [6.45, 7) is 3.96. The lowest BCUT2D eigenvalue weighted by molar-refractivity contribution is -0.131. The smallest absolute Gasteiger partial charge is 0.308 e. The third kappa shape index (κ3) is 3.78. The number of fused-ring (bicyclic) bond motifs is 1. The van der Waals surface area contributed by atoms with E-state index in [-0.39, 0.29) is 11.9 Å². The van der Waals surface area contributed by atoms with E-state index in [0.29, 0.717) is 37.5 Å². The molecule has 1 aliphatic heterocycles. The molecule has 2 heterocycles. The van der Waals surface area contributed by atoms with Gasteiger partial charge in [-0.25, -0.2) is 4.98 Å². The third-order valence-electron chi connectivity index (χ3n) is 4.69. The summed E-state index contributed by atoms with van der Waals surface area (Å²) < 4.78 is 5.00. The van der Waals surface area contributed by atoms with E-state index in [2.05, 4.69) is 14.9 Å². The van der Waals surface area contributed by atoms with Gasteiger partial charge in [0.05, 0.1) is 17.2 Å². The van der Waals surface area contributed by atoms with Gasteiger partial charge in [0.2, 0.25) is 0 Å². The summed E-state index contributed by atoms with van der Waals surface area (Å²) in [4.78, 5) is 36.8. The van der Waals surface area contributed by atoms with Crippen molar-refractivity contribution in [2.24, 2.45) is 0 Å². The van der Waals surface area contributed by atoms with Crippen LogP contribution in [0, 0.1) is 0 Å². The Morgan fingerprint density at radius 3 is 2.29 bits per heavy atom. The van der Waals surface area contributed by atoms with Gasteiger partial charge in [0, 0.05) is 38.7 Å². The monoisotopic (exact) mass is 376 g/mol. The van der Waals surface area contributed by atoms with Gasteiger partial charge in [-0.2, -0.15) is 0 Å². The second-order valence-corrected chi connectivity index (χ2v) is 6.61. The van der Waals surface area contributed by atoms with Crippen molar-refractivity contribution in [1.82, 2.24) is 14.9 Å². The summed E-state index contributed by atoms with van der Waals surface area (Å²) in [5.74, 6) is 0.853. The zero-order valence-electron chi connectivity index (χ0n) is 15.5. The number of hydrogen-bond donors (Lipinski definition) is 0. The fourth-order valence-corrected chi connectivity index (χ4v) is 3.25. The van der Waals surface area contributed by atoms with Crippen LogP contribution in [0.25, 0.3) is 11.0 Å². The van der Waals surface area contributed by atoms with Gasteiger partial charge in [0.25, 0.3) is 5.91 Å². The summed E-state index contributed by atoms with van der Waals surface area (Å²) >= 11 is 0. The summed E-state index contributed by atoms with van der Waals surface area (Å²) in [5.41, 5.74) is 2.32. The minimum Gasteiger partial charge on any atom is -0.427 e. The molecule has 1 aliphatic rings. The van der Waals surface area contributed by atoms with E-state index in [1.54, 1.807) is 30.5 Å². The Balaban J connectivity index is 1.40. The topological polar surface area (TPSA) is 75.6 Å². The molecule has 0 aliphatic carbocycles. The van der Waals surface area contributed by atoms with Gasteiger partial charge in [-0.15, -0.1) is 0 Å². The fraction of sp³-hybridized carbons (Fsp3) is 0.238. The number of carbonyl (C=O) groups excluding carboxylic acids is 2. The quantitative estimate of drug-likeness (QED) is 0.516. The number of rotatable bonds is 3. The maximum atomic E-state index is 12.7. The van der Waals surface area contributed by atoms with E-state index in [1.165, 1.54) is 6.92 Å². The molecule has 7 heteroatoms. The zero-order chi connectivity index (χ0) is 19.5. The molecule has 2 aromatic carbocycles. The molecule has 0 unspecified atom stereocenters. The van der Waals surface area contributed by atoms with Crippen LogP contribution in [0.1, 0.15) is 17.3 Å². The van der Waals surface area contributed by atoms with Crippen LogP contribution in [0.2, 0.25) is 0 Å². The van der Waals surface area contributed by atoms with Gasteiger partial charge in [-0.3, -0.25) is 14.6 Å². The van der Waals surface area contributed by atoms with Crippen LogP contribution in [0.4, 0.5) is 5.82 Å². The lowest BCUT2D eigenvalue weighted by Gasteiger charge is -2.35. The molecule has 1 aromatic heterocycles. The van der Waals surface area contributed by atoms with E-state index in [0.717, 1.165) is 16.9 Å². The van der Waals surface area contributed by atoms with E-state index >= 15 is 0 Å². The molecule has 3 aromatic rings. The number of ether oxygens (including phenoxy) is 1. The lowest BCUT2D eigenvalue weighted by atomic mass is 10.1. The number of anilines is 1. The van der Waals surface area contributed by atoms with Crippen LogP contribution in [0.15, 0.2) is 54.7 Å². The lowest BCUT2D eigenvalue weighted by Crippen LogP contribution is -2.49. The maximum absolute atomic E-state index is 12.7. The standard InChI is InChI=1S/C21H20N4O3/c1-15(26)28-17-8-6-16(7-9-17)21(27)25-12-10-24(11-13-25)20-14-22-18-4-2-3-5-19(18)23-20/h2-9,14H,10-13H2,1H3. The normalized spacial score (nSPS) is 14.2. The number of esters is 1. The van der Waals surface area contributed by atoms with Crippen molar-refractivity contribution in [2.75, 3.05) is 31.1 Å². The van der Waals surface area contributed by atoms with Crippen molar-refractivity contribution < 1.29 is 14.3 Å². The highest BCUT2D eigenvalue weighted by Gasteiger charge is 2.23. The first kappa shape index (κ1) is 17.9. The zero-order valence-corrected chi connectivity index (χ0v) is 15.5. The number of carbonyl (C=O) groups is 2. The summed E-state index contributed by atoms with van der Waals surface area (Å²) in [5, 5.41) is 0. The first-order chi connectivity index (χ1) is 13.6. The van der Waals surface area contributed by atoms with Crippen LogP contribution in [0.3, 0.4) is 0 Å². The number of amides is 1. The molecular weight excluding hydrogens is 356 g/mol. The summed E-state index contributed by atoms with van der Waals surface area (Å²) in [6, 6.07) is 14.4. The molecular formula is C21H20N4O3. The van der Waals surface area contributed by atoms with Crippen LogP contribution in [-0.2, 0) is 4.79 Å². The molecule has 1 amide bonds. The van der Waals surface area contributed by atoms with E-state index < -0.39 is 0 Å². The summed E-state index contributed by atoms with van der Waals surface area (Å²) in [7, 11) is 0. The molecule has 0 spiro atoms. The predicted octanol–water partition coefficient (Wildman–Crippen LogP) is 2.52. The molecule has 0 atom stereocenters. The number of nitrogens with zero attached hydrogens (tertiary/aromatic N) is 4. The Labute approximate surface area is 162 Å². The third-order valence-corrected chi connectivity index (χ3v) is 4.69. The first-order valence-corrected chi connectivity index (χ1v) is 9.15. The molecule has 0 bridgehead atoms. The Bertz CT molecular complexity index is 1010. The molecule has 7 nitrogen and oxygen atoms in total. The number of piperazine rings is 1. The van der Waals surface area contributed by atoms with Gasteiger partial charge >= 0.3 is 5.97 Å². The van der Waals surface area contributed by atoms with Crippen LogP contribution >= 0.6 is 0 Å². The number of para-hydroxylation sites is 2. The molecule has 0 radical (unpaired) electrons. The Kier molecular flexibility index (Phi) is 4.89. The largest absolute Gasteiger partial charge is 0.427 e. The van der Waals surface area contributed by atoms with Crippen molar-refractivity contribution in [3.8, 4) is 5.75 Å². The fourth-order valence-electron chi connectivity index (χ4n) is 3.25. The SMILES string of the molecule is CC(=O)Oc1ccc(C(=O)N2CCN(c3cnc4ccccc4n3)CC2)cc1. The van der Waals surface area contributed by atoms with E-state index in [9.17, 15) is 9.59 Å². The van der Waals surface area contributed by atoms with Gasteiger partial charge in [-0.05, 0) is 36.4 Å². The molecule has 1 saturated heterocycles. The Morgan fingerprint density at radius 1 is 0.929 bits per heavy atom. The molecule has 0 N–H and O–H groups in total. The van der Waals surface area contributed by atoms with Crippen LogP contribution in [0.5, 0.6) is 5.75 Å². The van der Waals surface area contributed by atoms with Crippen LogP contribution in [-0.4, -0.2) is 52.9 Å². The van der Waals surface area contributed by atoms with Gasteiger partial charge < -0.3 is 14.5 Å². The van der Waals surface area contributed by atoms with E-state index in [1.807, 2.05) is 29.2 Å². The van der Waals surface area contributed by atoms with Crippen molar-refractivity contribution in [2.45, 2.75) is 6.92 Å². The average molecular weight is 376 g/mol. The van der Waals surface area contributed by atoms with Crippen molar-refractivity contribution >= 4 is 28.7 Å². The summed E-state index contributed by atoms with van der Waals surface area (Å²) in [6.07, 6.45) is 1.79. The first-order valence-electron chi connectivity index (χ1n) is 9.15. The minimum atomic E-state index is -0.382. The predicted molar refractivity (Wildman–Crippen MR) is 105 cm³/mol. The van der Waals surface area contributed by atoms with Crippen molar-refractivity contribution in [3.05, 3.63) is 60.3 Å². The second kappa shape index (κ2) is 7.64. The highest BCUT2D eigenvalue weighted by molar-refractivity contribution is 5.94. The van der Waals surface area contributed by atoms with E-state index in [4.69, 9.17) is 4.74 Å². The second-order valence-electron chi connectivity index (χ2n) is 6.61. The number of hydrogen-bond acceptors (Lipinski definition) is 6. The van der Waals surface area contributed by atoms with Crippen molar-refractivity contribution in [1.29, 1.82) is 0 Å². The molecule has 0 saturated carbocycles. The van der Waals surface area contributed by atoms with Crippen LogP contribution < -0.4 is 9.64 Å². The van der Waals surface area contributed by atoms with Gasteiger partial charge in [-0.1, -0.05) is 12.1 Å². The maximum Gasteiger partial charge on any atom is 0.308 e. The average Bonchev–Trinajstić information content (AvgIpc) is 2.73. The highest BCUT2D eigenvalue weighted by atomic mass is 16.5. The highest BCUT2D eigenvalue weighted by Crippen LogP contribution is 2.19. The Morgan fingerprint density at radius 2 is 1.61 bits per heavy atom. The minimum absolute atomic E-state index is 0.0291. The van der Waals surface area contributed by atoms with Gasteiger partial charge in [0.1, 0.15) is 11.6 Å². The molecule has 142 valence electrons. The molecule has 4 rings (SSSR count). The molecule has 28 heavy (non-hydrogen) atoms. The van der Waals surface area contributed by atoms with Gasteiger partial charge in [0.15, 0.2) is 0 Å². The molecule has 1 fully saturated rings. The number of aromatic nitrogens is 2. The Hall–Kier alpha value is -3.48. The number of benzene rings is 2.